The zero-order chi connectivity index (χ0) is 21.3. The van der Waals surface area contributed by atoms with E-state index >= 15 is 0 Å². The number of carbonyl (C=O) groups is 2. The number of benzene rings is 3. The molecule has 0 spiro atoms. The summed E-state index contributed by atoms with van der Waals surface area (Å²) in [6.45, 7) is 0.0876. The van der Waals surface area contributed by atoms with Crippen molar-refractivity contribution in [3.8, 4) is 16.9 Å². The fourth-order valence-corrected chi connectivity index (χ4v) is 4.03. The van der Waals surface area contributed by atoms with Gasteiger partial charge in [0.05, 0.1) is 0 Å². The summed E-state index contributed by atoms with van der Waals surface area (Å²) >= 11 is 0. The van der Waals surface area contributed by atoms with E-state index in [0.717, 1.165) is 27.2 Å². The number of aromatic hydroxyl groups is 1. The van der Waals surface area contributed by atoms with Gasteiger partial charge in [-0.1, -0.05) is 66.7 Å². The lowest BCUT2D eigenvalue weighted by atomic mass is 9.98. The number of para-hydroxylation sites is 1. The maximum Gasteiger partial charge on any atom is 0.410 e. The zero-order valence-electron chi connectivity index (χ0n) is 16.4. The number of carboxylic acids is 1. The fraction of sp³-hybridized carbons (Fsp3) is 0.167. The summed E-state index contributed by atoms with van der Waals surface area (Å²) in [7, 11) is 1.35. The van der Waals surface area contributed by atoms with Crippen LogP contribution in [0.4, 0.5) is 4.79 Å². The highest BCUT2D eigenvalue weighted by Crippen LogP contribution is 2.44. The van der Waals surface area contributed by atoms with Crippen molar-refractivity contribution in [1.29, 1.82) is 0 Å². The molecule has 1 amide bonds. The highest BCUT2D eigenvalue weighted by molar-refractivity contribution is 5.82. The molecule has 0 saturated heterocycles. The summed E-state index contributed by atoms with van der Waals surface area (Å²) in [5.74, 6) is -1.57. The Bertz CT molecular complexity index is 1060. The van der Waals surface area contributed by atoms with Crippen LogP contribution < -0.4 is 0 Å². The summed E-state index contributed by atoms with van der Waals surface area (Å²) in [5, 5.41) is 19.7. The molecule has 3 aromatic rings. The first-order chi connectivity index (χ1) is 14.5. The average molecular weight is 403 g/mol. The van der Waals surface area contributed by atoms with E-state index in [1.165, 1.54) is 19.2 Å². The van der Waals surface area contributed by atoms with Gasteiger partial charge in [0, 0.05) is 18.5 Å². The number of phenols is 1. The summed E-state index contributed by atoms with van der Waals surface area (Å²) in [6.07, 6.45) is -0.771. The highest BCUT2D eigenvalue weighted by Gasteiger charge is 2.33. The Balaban J connectivity index is 1.55. The number of hydrogen-bond acceptors (Lipinski definition) is 4. The highest BCUT2D eigenvalue weighted by atomic mass is 16.6. The molecule has 0 heterocycles. The van der Waals surface area contributed by atoms with Crippen molar-refractivity contribution in [2.24, 2.45) is 0 Å². The number of carboxylic acid groups (broad SMARTS) is 1. The molecule has 6 nitrogen and oxygen atoms in total. The van der Waals surface area contributed by atoms with E-state index in [1.807, 2.05) is 48.5 Å². The summed E-state index contributed by atoms with van der Waals surface area (Å²) in [6, 6.07) is 20.7. The summed E-state index contributed by atoms with van der Waals surface area (Å²) in [5.41, 5.74) is 4.50. The van der Waals surface area contributed by atoms with Gasteiger partial charge >= 0.3 is 12.1 Å². The van der Waals surface area contributed by atoms with Crippen LogP contribution in [0.15, 0.2) is 72.8 Å². The van der Waals surface area contributed by atoms with Gasteiger partial charge < -0.3 is 14.9 Å². The van der Waals surface area contributed by atoms with Crippen molar-refractivity contribution in [2.45, 2.75) is 12.0 Å². The molecule has 0 radical (unpaired) electrons. The first kappa shape index (κ1) is 19.5. The van der Waals surface area contributed by atoms with Crippen LogP contribution >= 0.6 is 0 Å². The Hall–Kier alpha value is -3.80. The number of carbonyl (C=O) groups excluding carboxylic acids is 1. The first-order valence-corrected chi connectivity index (χ1v) is 9.57. The van der Waals surface area contributed by atoms with E-state index < -0.39 is 18.1 Å². The molecule has 4 rings (SSSR count). The third-order valence-corrected chi connectivity index (χ3v) is 5.48. The molecule has 6 heteroatoms. The molecule has 0 bridgehead atoms. The number of nitrogens with zero attached hydrogens (tertiary/aromatic N) is 1. The normalized spacial score (nSPS) is 13.2. The van der Waals surface area contributed by atoms with E-state index in [1.54, 1.807) is 12.1 Å². The van der Waals surface area contributed by atoms with Gasteiger partial charge in [-0.05, 0) is 28.3 Å². The van der Waals surface area contributed by atoms with E-state index in [0.29, 0.717) is 0 Å². The second-order valence-electron chi connectivity index (χ2n) is 7.21. The van der Waals surface area contributed by atoms with E-state index in [-0.39, 0.29) is 23.8 Å². The minimum absolute atomic E-state index is 0.0876. The average Bonchev–Trinajstić information content (AvgIpc) is 3.07. The van der Waals surface area contributed by atoms with Crippen LogP contribution in [-0.4, -0.2) is 40.8 Å². The van der Waals surface area contributed by atoms with Gasteiger partial charge in [0.1, 0.15) is 12.4 Å². The predicted molar refractivity (Wildman–Crippen MR) is 111 cm³/mol. The van der Waals surface area contributed by atoms with Crippen LogP contribution in [0.5, 0.6) is 5.75 Å². The molecule has 0 aromatic heterocycles. The lowest BCUT2D eigenvalue weighted by Gasteiger charge is -2.26. The molecule has 30 heavy (non-hydrogen) atoms. The van der Waals surface area contributed by atoms with Crippen molar-refractivity contribution >= 4 is 12.1 Å². The lowest BCUT2D eigenvalue weighted by molar-refractivity contribution is -0.142. The number of ether oxygens (including phenoxy) is 1. The third-order valence-electron chi connectivity index (χ3n) is 5.48. The number of fused-ring (bicyclic) bond motifs is 3. The largest absolute Gasteiger partial charge is 0.508 e. The number of likely N-dealkylation sites (N-methyl/N-ethyl adjacent to an activating group) is 1. The molecule has 1 aliphatic carbocycles. The third kappa shape index (κ3) is 3.37. The van der Waals surface area contributed by atoms with Gasteiger partial charge in [-0.2, -0.15) is 0 Å². The minimum atomic E-state index is -1.36. The van der Waals surface area contributed by atoms with Crippen LogP contribution in [0, 0.1) is 0 Å². The molecule has 1 unspecified atom stereocenters. The maximum absolute atomic E-state index is 12.7. The van der Waals surface area contributed by atoms with Gasteiger partial charge in [0.25, 0.3) is 0 Å². The molecule has 0 aliphatic heterocycles. The summed E-state index contributed by atoms with van der Waals surface area (Å²) < 4.78 is 5.54. The molecular weight excluding hydrogens is 382 g/mol. The predicted octanol–water partition coefficient (Wildman–Crippen LogP) is 4.40. The Labute approximate surface area is 174 Å². The van der Waals surface area contributed by atoms with Crippen molar-refractivity contribution in [1.82, 2.24) is 4.90 Å². The monoisotopic (exact) mass is 403 g/mol. The summed E-state index contributed by atoms with van der Waals surface area (Å²) in [4.78, 5) is 25.5. The standard InChI is InChI=1S/C24H21NO5/c1-25(22(23(27)28)19-12-6-7-13-21(19)26)24(29)30-14-20-17-10-4-2-8-15(17)16-9-3-5-11-18(16)20/h2-13,20,22,26H,14H2,1H3,(H,27,28). The van der Waals surface area contributed by atoms with Crippen LogP contribution in [0.1, 0.15) is 28.7 Å². The SMILES string of the molecule is CN(C(=O)OCC1c2ccccc2-c2ccccc21)C(C(=O)O)c1ccccc1O. The van der Waals surface area contributed by atoms with Crippen molar-refractivity contribution < 1.29 is 24.5 Å². The van der Waals surface area contributed by atoms with Crippen molar-refractivity contribution in [3.05, 3.63) is 89.5 Å². The van der Waals surface area contributed by atoms with Crippen molar-refractivity contribution in [2.75, 3.05) is 13.7 Å². The molecular formula is C24H21NO5. The van der Waals surface area contributed by atoms with Crippen LogP contribution in [0.3, 0.4) is 0 Å². The van der Waals surface area contributed by atoms with E-state index in [2.05, 4.69) is 0 Å². The number of aliphatic carboxylic acids is 1. The Morgan fingerprint density at radius 3 is 2.03 bits per heavy atom. The van der Waals surface area contributed by atoms with E-state index in [4.69, 9.17) is 4.74 Å². The van der Waals surface area contributed by atoms with Gasteiger partial charge in [-0.3, -0.25) is 4.90 Å². The quantitative estimate of drug-likeness (QED) is 0.659. The Morgan fingerprint density at radius 2 is 1.47 bits per heavy atom. The smallest absolute Gasteiger partial charge is 0.410 e. The minimum Gasteiger partial charge on any atom is -0.508 e. The Kier molecular flexibility index (Phi) is 5.14. The van der Waals surface area contributed by atoms with Crippen LogP contribution in [0.2, 0.25) is 0 Å². The molecule has 0 saturated carbocycles. The number of phenolic OH excluding ortho intramolecular Hbond substituents is 1. The number of amides is 1. The second-order valence-corrected chi connectivity index (χ2v) is 7.21. The molecule has 0 fully saturated rings. The lowest BCUT2D eigenvalue weighted by Crippen LogP contribution is -2.36. The van der Waals surface area contributed by atoms with Gasteiger partial charge in [0.2, 0.25) is 0 Å². The molecule has 2 N–H and O–H groups in total. The molecule has 152 valence electrons. The topological polar surface area (TPSA) is 87.1 Å². The molecule has 1 atom stereocenters. The molecule has 3 aromatic carbocycles. The number of rotatable bonds is 5. The number of hydrogen-bond donors (Lipinski definition) is 2. The fourth-order valence-electron chi connectivity index (χ4n) is 4.03. The van der Waals surface area contributed by atoms with E-state index in [9.17, 15) is 19.8 Å². The maximum atomic E-state index is 12.7. The first-order valence-electron chi connectivity index (χ1n) is 9.57. The second kappa shape index (κ2) is 7.91. The molecule has 1 aliphatic rings. The van der Waals surface area contributed by atoms with Crippen LogP contribution in [-0.2, 0) is 9.53 Å². The van der Waals surface area contributed by atoms with Gasteiger partial charge in [0.15, 0.2) is 6.04 Å². The van der Waals surface area contributed by atoms with Crippen molar-refractivity contribution in [3.63, 3.8) is 0 Å². The van der Waals surface area contributed by atoms with Gasteiger partial charge in [-0.25, -0.2) is 9.59 Å². The van der Waals surface area contributed by atoms with Crippen LogP contribution in [0.25, 0.3) is 11.1 Å². The zero-order valence-corrected chi connectivity index (χ0v) is 16.4. The Morgan fingerprint density at radius 1 is 0.933 bits per heavy atom. The van der Waals surface area contributed by atoms with Gasteiger partial charge in [-0.15, -0.1) is 0 Å².